The summed E-state index contributed by atoms with van der Waals surface area (Å²) >= 11 is 0. The van der Waals surface area contributed by atoms with Gasteiger partial charge in [0, 0.05) is 5.56 Å². The normalized spacial score (nSPS) is 10.7. The first-order valence-corrected chi connectivity index (χ1v) is 5.96. The van der Waals surface area contributed by atoms with Crippen LogP contribution < -0.4 is 5.73 Å². The molecule has 2 aromatic carbocycles. The van der Waals surface area contributed by atoms with E-state index in [0.29, 0.717) is 17.0 Å². The molecule has 2 N–H and O–H groups in total. The highest BCUT2D eigenvalue weighted by Gasteiger charge is 2.12. The Balaban J connectivity index is 2.13. The van der Waals surface area contributed by atoms with Crippen LogP contribution in [-0.4, -0.2) is 10.9 Å². The Morgan fingerprint density at radius 2 is 1.89 bits per heavy atom. The highest BCUT2D eigenvalue weighted by Crippen LogP contribution is 2.26. The molecule has 0 aliphatic heterocycles. The minimum absolute atomic E-state index is 0.165. The molecular formula is C15H12N2O2. The monoisotopic (exact) mass is 252 g/mol. The summed E-state index contributed by atoms with van der Waals surface area (Å²) in [4.78, 5) is 15.5. The average molecular weight is 252 g/mol. The third kappa shape index (κ3) is 2.20. The molecule has 1 aromatic heterocycles. The quantitative estimate of drug-likeness (QED) is 0.778. The van der Waals surface area contributed by atoms with Crippen molar-refractivity contribution in [3.8, 4) is 11.5 Å². The van der Waals surface area contributed by atoms with Crippen LogP contribution in [-0.2, 0) is 11.2 Å². The van der Waals surface area contributed by atoms with Crippen LogP contribution in [0.4, 0.5) is 0 Å². The van der Waals surface area contributed by atoms with Crippen LogP contribution in [0.1, 0.15) is 5.56 Å². The lowest BCUT2D eigenvalue weighted by molar-refractivity contribution is -0.117. The fourth-order valence-corrected chi connectivity index (χ4v) is 2.04. The Labute approximate surface area is 109 Å². The van der Waals surface area contributed by atoms with Gasteiger partial charge in [0.05, 0.1) is 6.42 Å². The first-order chi connectivity index (χ1) is 9.24. The summed E-state index contributed by atoms with van der Waals surface area (Å²) in [7, 11) is 0. The summed E-state index contributed by atoms with van der Waals surface area (Å²) in [6.07, 6.45) is 0.165. The number of aromatic nitrogens is 1. The number of fused-ring (bicyclic) bond motifs is 1. The molecule has 19 heavy (non-hydrogen) atoms. The third-order valence-corrected chi connectivity index (χ3v) is 2.89. The largest absolute Gasteiger partial charge is 0.436 e. The van der Waals surface area contributed by atoms with Crippen LogP contribution in [0, 0.1) is 0 Å². The Hall–Kier alpha value is -2.62. The van der Waals surface area contributed by atoms with Crippen molar-refractivity contribution in [3.63, 3.8) is 0 Å². The van der Waals surface area contributed by atoms with E-state index < -0.39 is 0 Å². The second-order valence-electron chi connectivity index (χ2n) is 4.29. The van der Waals surface area contributed by atoms with Crippen molar-refractivity contribution in [1.29, 1.82) is 0 Å². The van der Waals surface area contributed by atoms with E-state index >= 15 is 0 Å². The first kappa shape index (κ1) is 11.5. The molecule has 0 radical (unpaired) electrons. The van der Waals surface area contributed by atoms with Gasteiger partial charge >= 0.3 is 0 Å². The molecule has 0 atom stereocenters. The zero-order valence-corrected chi connectivity index (χ0v) is 10.2. The van der Waals surface area contributed by atoms with Crippen molar-refractivity contribution in [3.05, 3.63) is 54.1 Å². The number of primary amides is 1. The predicted octanol–water partition coefficient (Wildman–Crippen LogP) is 2.52. The standard InChI is InChI=1S/C15H12N2O2/c16-13(18)9-11-7-4-8-12-14(11)17-15(19-12)10-5-2-1-3-6-10/h1-8H,9H2,(H2,16,18). The van der Waals surface area contributed by atoms with Crippen molar-refractivity contribution >= 4 is 17.0 Å². The number of hydrogen-bond donors (Lipinski definition) is 1. The van der Waals surface area contributed by atoms with Gasteiger partial charge in [0.1, 0.15) is 5.52 Å². The molecule has 1 amide bonds. The van der Waals surface area contributed by atoms with Gasteiger partial charge in [0.25, 0.3) is 0 Å². The number of nitrogens with zero attached hydrogens (tertiary/aromatic N) is 1. The molecule has 0 fully saturated rings. The molecule has 0 saturated heterocycles. The molecule has 0 aliphatic rings. The molecular weight excluding hydrogens is 240 g/mol. The van der Waals surface area contributed by atoms with Gasteiger partial charge in [-0.15, -0.1) is 0 Å². The van der Waals surface area contributed by atoms with Gasteiger partial charge in [-0.1, -0.05) is 30.3 Å². The van der Waals surface area contributed by atoms with Crippen molar-refractivity contribution in [1.82, 2.24) is 4.98 Å². The Morgan fingerprint density at radius 3 is 2.63 bits per heavy atom. The summed E-state index contributed by atoms with van der Waals surface area (Å²) in [5.41, 5.74) is 8.29. The molecule has 4 nitrogen and oxygen atoms in total. The molecule has 94 valence electrons. The topological polar surface area (TPSA) is 69.1 Å². The van der Waals surface area contributed by atoms with E-state index in [-0.39, 0.29) is 12.3 Å². The molecule has 3 rings (SSSR count). The fraction of sp³-hybridized carbons (Fsp3) is 0.0667. The van der Waals surface area contributed by atoms with Gasteiger partial charge in [-0.05, 0) is 23.8 Å². The average Bonchev–Trinajstić information content (AvgIpc) is 2.84. The lowest BCUT2D eigenvalue weighted by Gasteiger charge is -1.96. The van der Waals surface area contributed by atoms with E-state index in [0.717, 1.165) is 11.1 Å². The molecule has 1 heterocycles. The number of rotatable bonds is 3. The second-order valence-corrected chi connectivity index (χ2v) is 4.29. The molecule has 0 unspecified atom stereocenters. The molecule has 0 aliphatic carbocycles. The van der Waals surface area contributed by atoms with Crippen LogP contribution in [0.25, 0.3) is 22.6 Å². The molecule has 0 saturated carbocycles. The van der Waals surface area contributed by atoms with E-state index in [4.69, 9.17) is 10.2 Å². The minimum Gasteiger partial charge on any atom is -0.436 e. The van der Waals surface area contributed by atoms with E-state index in [1.165, 1.54) is 0 Å². The maximum Gasteiger partial charge on any atom is 0.227 e. The lowest BCUT2D eigenvalue weighted by Crippen LogP contribution is -2.13. The van der Waals surface area contributed by atoms with Crippen molar-refractivity contribution in [2.24, 2.45) is 5.73 Å². The van der Waals surface area contributed by atoms with Gasteiger partial charge in [-0.25, -0.2) is 4.98 Å². The summed E-state index contributed by atoms with van der Waals surface area (Å²) in [6.45, 7) is 0. The van der Waals surface area contributed by atoms with Crippen LogP contribution in [0.15, 0.2) is 52.9 Å². The number of para-hydroxylation sites is 1. The second kappa shape index (κ2) is 4.57. The van der Waals surface area contributed by atoms with Crippen LogP contribution >= 0.6 is 0 Å². The maximum atomic E-state index is 11.1. The summed E-state index contributed by atoms with van der Waals surface area (Å²) in [5, 5.41) is 0. The first-order valence-electron chi connectivity index (χ1n) is 5.96. The predicted molar refractivity (Wildman–Crippen MR) is 72.3 cm³/mol. The van der Waals surface area contributed by atoms with E-state index in [1.54, 1.807) is 0 Å². The Bertz CT molecular complexity index is 732. The molecule has 0 spiro atoms. The van der Waals surface area contributed by atoms with Gasteiger partial charge in [0.2, 0.25) is 11.8 Å². The van der Waals surface area contributed by atoms with Crippen molar-refractivity contribution in [2.75, 3.05) is 0 Å². The Kier molecular flexibility index (Phi) is 2.76. The minimum atomic E-state index is -0.378. The number of hydrogen-bond acceptors (Lipinski definition) is 3. The van der Waals surface area contributed by atoms with Crippen molar-refractivity contribution in [2.45, 2.75) is 6.42 Å². The summed E-state index contributed by atoms with van der Waals surface area (Å²) in [6, 6.07) is 15.1. The zero-order valence-electron chi connectivity index (χ0n) is 10.2. The number of amides is 1. The van der Waals surface area contributed by atoms with Gasteiger partial charge in [-0.3, -0.25) is 4.79 Å². The zero-order chi connectivity index (χ0) is 13.2. The molecule has 0 bridgehead atoms. The number of carbonyl (C=O) groups is 1. The van der Waals surface area contributed by atoms with Crippen LogP contribution in [0.5, 0.6) is 0 Å². The van der Waals surface area contributed by atoms with E-state index in [2.05, 4.69) is 4.98 Å². The number of nitrogens with two attached hydrogens (primary N) is 1. The van der Waals surface area contributed by atoms with Gasteiger partial charge < -0.3 is 10.2 Å². The number of oxazole rings is 1. The van der Waals surface area contributed by atoms with Crippen LogP contribution in [0.3, 0.4) is 0 Å². The Morgan fingerprint density at radius 1 is 1.11 bits per heavy atom. The highest BCUT2D eigenvalue weighted by atomic mass is 16.3. The van der Waals surface area contributed by atoms with Gasteiger partial charge in [-0.2, -0.15) is 0 Å². The number of carbonyl (C=O) groups excluding carboxylic acids is 1. The van der Waals surface area contributed by atoms with Crippen molar-refractivity contribution < 1.29 is 9.21 Å². The lowest BCUT2D eigenvalue weighted by atomic mass is 10.1. The summed E-state index contributed by atoms with van der Waals surface area (Å²) in [5.74, 6) is 0.171. The van der Waals surface area contributed by atoms with E-state index in [1.807, 2.05) is 48.5 Å². The molecule has 3 aromatic rings. The SMILES string of the molecule is NC(=O)Cc1cccc2oc(-c3ccccc3)nc12. The smallest absolute Gasteiger partial charge is 0.227 e. The van der Waals surface area contributed by atoms with Crippen LogP contribution in [0.2, 0.25) is 0 Å². The summed E-state index contributed by atoms with van der Waals surface area (Å²) < 4.78 is 5.71. The fourth-order valence-electron chi connectivity index (χ4n) is 2.04. The third-order valence-electron chi connectivity index (χ3n) is 2.89. The highest BCUT2D eigenvalue weighted by molar-refractivity contribution is 5.85. The van der Waals surface area contributed by atoms with Gasteiger partial charge in [0.15, 0.2) is 5.58 Å². The maximum absolute atomic E-state index is 11.1. The molecule has 4 heteroatoms. The van der Waals surface area contributed by atoms with E-state index in [9.17, 15) is 4.79 Å². The number of benzene rings is 2.